The molecule has 19 heavy (non-hydrogen) atoms. The molecular formula is C16H15NO2. The lowest BCUT2D eigenvalue weighted by atomic mass is 10.1. The predicted octanol–water partition coefficient (Wildman–Crippen LogP) is 2.82. The number of aliphatic hydroxyl groups is 1. The average molecular weight is 253 g/mol. The van der Waals surface area contributed by atoms with Crippen molar-refractivity contribution < 1.29 is 9.84 Å². The highest BCUT2D eigenvalue weighted by molar-refractivity contribution is 5.38. The second-order valence-corrected chi connectivity index (χ2v) is 4.21. The van der Waals surface area contributed by atoms with Crippen LogP contribution in [-0.4, -0.2) is 5.11 Å². The maximum absolute atomic E-state index is 9.29. The van der Waals surface area contributed by atoms with Gasteiger partial charge >= 0.3 is 0 Å². The van der Waals surface area contributed by atoms with Crippen molar-refractivity contribution in [3.05, 3.63) is 65.2 Å². The molecule has 0 aliphatic carbocycles. The zero-order valence-electron chi connectivity index (χ0n) is 10.5. The normalized spacial score (nSPS) is 9.89. The van der Waals surface area contributed by atoms with Gasteiger partial charge in [0.15, 0.2) is 0 Å². The molecule has 0 atom stereocenters. The van der Waals surface area contributed by atoms with Crippen molar-refractivity contribution in [1.29, 1.82) is 5.26 Å². The molecule has 0 aliphatic rings. The number of aliphatic hydroxyl groups excluding tert-OH is 1. The van der Waals surface area contributed by atoms with Crippen molar-refractivity contribution in [3.63, 3.8) is 0 Å². The van der Waals surface area contributed by atoms with Crippen LogP contribution in [0, 0.1) is 11.3 Å². The van der Waals surface area contributed by atoms with Gasteiger partial charge in [0.1, 0.15) is 12.4 Å². The number of ether oxygens (including phenoxy) is 1. The molecule has 2 aromatic rings. The Hall–Kier alpha value is -2.31. The second kappa shape index (κ2) is 6.58. The van der Waals surface area contributed by atoms with E-state index in [4.69, 9.17) is 10.00 Å². The summed E-state index contributed by atoms with van der Waals surface area (Å²) in [4.78, 5) is 0. The summed E-state index contributed by atoms with van der Waals surface area (Å²) in [5, 5.41) is 18.0. The topological polar surface area (TPSA) is 53.2 Å². The lowest BCUT2D eigenvalue weighted by Gasteiger charge is -2.11. The van der Waals surface area contributed by atoms with Crippen LogP contribution >= 0.6 is 0 Å². The quantitative estimate of drug-likeness (QED) is 0.891. The summed E-state index contributed by atoms with van der Waals surface area (Å²) in [6, 6.07) is 17.4. The Morgan fingerprint density at radius 2 is 1.84 bits per heavy atom. The third-order valence-electron chi connectivity index (χ3n) is 2.82. The third-order valence-corrected chi connectivity index (χ3v) is 2.82. The number of hydrogen-bond acceptors (Lipinski definition) is 3. The fraction of sp³-hybridized carbons (Fsp3) is 0.188. The van der Waals surface area contributed by atoms with E-state index >= 15 is 0 Å². The summed E-state index contributed by atoms with van der Waals surface area (Å²) in [6.07, 6.45) is 0.341. The number of benzene rings is 2. The van der Waals surface area contributed by atoms with Gasteiger partial charge in [-0.25, -0.2) is 0 Å². The second-order valence-electron chi connectivity index (χ2n) is 4.21. The van der Waals surface area contributed by atoms with Gasteiger partial charge in [-0.2, -0.15) is 5.26 Å². The van der Waals surface area contributed by atoms with E-state index in [0.717, 1.165) is 16.7 Å². The first-order valence-electron chi connectivity index (χ1n) is 6.10. The van der Waals surface area contributed by atoms with Crippen LogP contribution in [0.5, 0.6) is 5.75 Å². The number of rotatable bonds is 5. The molecule has 3 nitrogen and oxygen atoms in total. The summed E-state index contributed by atoms with van der Waals surface area (Å²) < 4.78 is 5.73. The summed E-state index contributed by atoms with van der Waals surface area (Å²) in [5.41, 5.74) is 2.69. The van der Waals surface area contributed by atoms with Gasteiger partial charge in [0, 0.05) is 5.56 Å². The van der Waals surface area contributed by atoms with Crippen molar-refractivity contribution in [2.45, 2.75) is 19.6 Å². The maximum Gasteiger partial charge on any atom is 0.125 e. The molecule has 0 heterocycles. The first-order chi connectivity index (χ1) is 9.33. The fourth-order valence-corrected chi connectivity index (χ4v) is 1.80. The van der Waals surface area contributed by atoms with E-state index in [2.05, 4.69) is 6.07 Å². The highest BCUT2D eigenvalue weighted by Gasteiger charge is 2.05. The molecule has 0 aliphatic heterocycles. The van der Waals surface area contributed by atoms with Crippen molar-refractivity contribution in [3.8, 4) is 11.8 Å². The Bertz CT molecular complexity index is 573. The Labute approximate surface area is 112 Å². The van der Waals surface area contributed by atoms with Crippen LogP contribution in [-0.2, 0) is 19.6 Å². The smallest absolute Gasteiger partial charge is 0.125 e. The first-order valence-corrected chi connectivity index (χ1v) is 6.10. The Balaban J connectivity index is 2.14. The molecule has 0 radical (unpaired) electrons. The molecule has 96 valence electrons. The van der Waals surface area contributed by atoms with Crippen LogP contribution in [0.15, 0.2) is 48.5 Å². The van der Waals surface area contributed by atoms with E-state index in [-0.39, 0.29) is 6.61 Å². The van der Waals surface area contributed by atoms with Gasteiger partial charge < -0.3 is 9.84 Å². The average Bonchev–Trinajstić information content (AvgIpc) is 2.47. The first kappa shape index (κ1) is 13.1. The highest BCUT2D eigenvalue weighted by Crippen LogP contribution is 2.22. The molecule has 0 aromatic heterocycles. The zero-order valence-corrected chi connectivity index (χ0v) is 10.5. The largest absolute Gasteiger partial charge is 0.489 e. The SMILES string of the molecule is N#CCc1ccc(CO)c(OCc2ccccc2)c1. The van der Waals surface area contributed by atoms with Gasteiger partial charge in [0.2, 0.25) is 0 Å². The molecule has 0 saturated carbocycles. The van der Waals surface area contributed by atoms with E-state index in [1.54, 1.807) is 6.07 Å². The summed E-state index contributed by atoms with van der Waals surface area (Å²) in [5.74, 6) is 0.638. The van der Waals surface area contributed by atoms with E-state index < -0.39 is 0 Å². The van der Waals surface area contributed by atoms with Crippen molar-refractivity contribution in [2.75, 3.05) is 0 Å². The number of nitrogens with zero attached hydrogens (tertiary/aromatic N) is 1. The van der Waals surface area contributed by atoms with E-state index in [0.29, 0.717) is 18.8 Å². The summed E-state index contributed by atoms with van der Waals surface area (Å²) in [6.45, 7) is 0.376. The molecule has 0 saturated heterocycles. The molecule has 0 fully saturated rings. The Morgan fingerprint density at radius 3 is 2.53 bits per heavy atom. The van der Waals surface area contributed by atoms with Crippen LogP contribution in [0.25, 0.3) is 0 Å². The van der Waals surface area contributed by atoms with Gasteiger partial charge in [0.05, 0.1) is 19.1 Å². The number of nitriles is 1. The number of hydrogen-bond donors (Lipinski definition) is 1. The monoisotopic (exact) mass is 253 g/mol. The van der Waals surface area contributed by atoms with Gasteiger partial charge in [-0.1, -0.05) is 42.5 Å². The van der Waals surface area contributed by atoms with Gasteiger partial charge in [-0.3, -0.25) is 0 Å². The van der Waals surface area contributed by atoms with Crippen LogP contribution in [0.2, 0.25) is 0 Å². The van der Waals surface area contributed by atoms with Gasteiger partial charge in [-0.15, -0.1) is 0 Å². The van der Waals surface area contributed by atoms with E-state index in [1.165, 1.54) is 0 Å². The minimum absolute atomic E-state index is 0.0725. The Kier molecular flexibility index (Phi) is 4.54. The lowest BCUT2D eigenvalue weighted by Crippen LogP contribution is -1.99. The molecule has 2 aromatic carbocycles. The minimum Gasteiger partial charge on any atom is -0.489 e. The zero-order chi connectivity index (χ0) is 13.5. The summed E-state index contributed by atoms with van der Waals surface area (Å²) >= 11 is 0. The molecule has 0 bridgehead atoms. The van der Waals surface area contributed by atoms with Gasteiger partial charge in [-0.05, 0) is 17.2 Å². The van der Waals surface area contributed by atoms with Crippen molar-refractivity contribution in [2.24, 2.45) is 0 Å². The lowest BCUT2D eigenvalue weighted by molar-refractivity contribution is 0.259. The van der Waals surface area contributed by atoms with Crippen LogP contribution in [0.4, 0.5) is 0 Å². The molecule has 1 N–H and O–H groups in total. The minimum atomic E-state index is -0.0725. The van der Waals surface area contributed by atoms with Gasteiger partial charge in [0.25, 0.3) is 0 Å². The third kappa shape index (κ3) is 3.57. The molecule has 0 unspecified atom stereocenters. The molecule has 3 heteroatoms. The van der Waals surface area contributed by atoms with Crippen molar-refractivity contribution >= 4 is 0 Å². The fourth-order valence-electron chi connectivity index (χ4n) is 1.80. The molecule has 0 spiro atoms. The van der Waals surface area contributed by atoms with Crippen molar-refractivity contribution in [1.82, 2.24) is 0 Å². The maximum atomic E-state index is 9.29. The summed E-state index contributed by atoms with van der Waals surface area (Å²) in [7, 11) is 0. The molecule has 0 amide bonds. The van der Waals surface area contributed by atoms with Crippen LogP contribution in [0.1, 0.15) is 16.7 Å². The predicted molar refractivity (Wildman–Crippen MR) is 72.5 cm³/mol. The van der Waals surface area contributed by atoms with E-state index in [1.807, 2.05) is 42.5 Å². The van der Waals surface area contributed by atoms with Crippen LogP contribution < -0.4 is 4.74 Å². The Morgan fingerprint density at radius 1 is 1.05 bits per heavy atom. The molecular weight excluding hydrogens is 238 g/mol. The van der Waals surface area contributed by atoms with Crippen LogP contribution in [0.3, 0.4) is 0 Å². The highest BCUT2D eigenvalue weighted by atomic mass is 16.5. The standard InChI is InChI=1S/C16H15NO2/c17-9-8-13-6-7-15(11-18)16(10-13)19-12-14-4-2-1-3-5-14/h1-7,10,18H,8,11-12H2. The van der Waals surface area contributed by atoms with E-state index in [9.17, 15) is 5.11 Å². The molecule has 2 rings (SSSR count).